The third-order valence-corrected chi connectivity index (χ3v) is 3.29. The van der Waals surface area contributed by atoms with E-state index in [4.69, 9.17) is 4.52 Å². The van der Waals surface area contributed by atoms with Crippen molar-refractivity contribution in [3.05, 3.63) is 65.2 Å². The van der Waals surface area contributed by atoms with Gasteiger partial charge in [0.15, 0.2) is 5.82 Å². The maximum absolute atomic E-state index is 13.7. The first-order valence-corrected chi connectivity index (χ1v) is 7.01. The molecule has 1 heterocycles. The molecular formula is C17H14FN3O2. The Hall–Kier alpha value is -3.02. The molecule has 1 N–H and O–H groups in total. The van der Waals surface area contributed by atoms with Crippen LogP contribution >= 0.6 is 0 Å². The summed E-state index contributed by atoms with van der Waals surface area (Å²) in [6, 6.07) is 11.2. The average molecular weight is 311 g/mol. The van der Waals surface area contributed by atoms with Crippen LogP contribution < -0.4 is 5.32 Å². The summed E-state index contributed by atoms with van der Waals surface area (Å²) in [6.45, 7) is 3.56. The van der Waals surface area contributed by atoms with E-state index in [1.807, 2.05) is 6.92 Å². The number of hydrogen-bond donors (Lipinski definition) is 1. The molecule has 0 spiro atoms. The van der Waals surface area contributed by atoms with Crippen LogP contribution in [0.15, 0.2) is 47.0 Å². The molecule has 0 radical (unpaired) electrons. The highest BCUT2D eigenvalue weighted by Gasteiger charge is 2.11. The summed E-state index contributed by atoms with van der Waals surface area (Å²) in [7, 11) is 0. The van der Waals surface area contributed by atoms with Crippen molar-refractivity contribution in [1.82, 2.24) is 10.1 Å². The van der Waals surface area contributed by atoms with E-state index < -0.39 is 5.82 Å². The van der Waals surface area contributed by atoms with E-state index in [1.54, 1.807) is 43.3 Å². The van der Waals surface area contributed by atoms with Gasteiger partial charge < -0.3 is 9.84 Å². The lowest BCUT2D eigenvalue weighted by Gasteiger charge is -2.07. The second kappa shape index (κ2) is 6.00. The minimum Gasteiger partial charge on any atom is -0.334 e. The SMILES string of the molecule is Cc1ccc(F)c(NC(=O)c2ccc(-c3nc(C)no3)cc2)c1. The van der Waals surface area contributed by atoms with Gasteiger partial charge >= 0.3 is 0 Å². The maximum Gasteiger partial charge on any atom is 0.257 e. The Morgan fingerprint density at radius 2 is 1.87 bits per heavy atom. The number of aromatic nitrogens is 2. The van der Waals surface area contributed by atoms with Crippen molar-refractivity contribution in [3.8, 4) is 11.5 Å². The topological polar surface area (TPSA) is 68.0 Å². The molecule has 1 amide bonds. The molecule has 5 nitrogen and oxygen atoms in total. The highest BCUT2D eigenvalue weighted by molar-refractivity contribution is 6.04. The molecule has 0 aliphatic heterocycles. The predicted octanol–water partition coefficient (Wildman–Crippen LogP) is 3.74. The maximum atomic E-state index is 13.7. The molecule has 6 heteroatoms. The third kappa shape index (κ3) is 3.26. The molecule has 0 unspecified atom stereocenters. The van der Waals surface area contributed by atoms with Crippen molar-refractivity contribution >= 4 is 11.6 Å². The summed E-state index contributed by atoms with van der Waals surface area (Å²) < 4.78 is 18.8. The third-order valence-electron chi connectivity index (χ3n) is 3.29. The lowest BCUT2D eigenvalue weighted by Crippen LogP contribution is -2.13. The molecule has 3 aromatic rings. The number of nitrogens with one attached hydrogen (secondary N) is 1. The van der Waals surface area contributed by atoms with Crippen LogP contribution in [0.5, 0.6) is 0 Å². The molecule has 0 saturated heterocycles. The van der Waals surface area contributed by atoms with E-state index in [-0.39, 0.29) is 11.6 Å². The largest absolute Gasteiger partial charge is 0.334 e. The van der Waals surface area contributed by atoms with Gasteiger partial charge in [0.2, 0.25) is 0 Å². The van der Waals surface area contributed by atoms with Gasteiger partial charge in [0.1, 0.15) is 5.82 Å². The van der Waals surface area contributed by atoms with E-state index in [1.165, 1.54) is 6.07 Å². The van der Waals surface area contributed by atoms with Crippen molar-refractivity contribution in [2.45, 2.75) is 13.8 Å². The number of amides is 1. The second-order valence-corrected chi connectivity index (χ2v) is 5.16. The van der Waals surface area contributed by atoms with E-state index in [0.29, 0.717) is 22.8 Å². The minimum atomic E-state index is -0.470. The van der Waals surface area contributed by atoms with Gasteiger partial charge in [0, 0.05) is 11.1 Å². The van der Waals surface area contributed by atoms with Gasteiger partial charge in [0.25, 0.3) is 11.8 Å². The number of aryl methyl sites for hydroxylation is 2. The number of halogens is 1. The first-order chi connectivity index (χ1) is 11.0. The Bertz CT molecular complexity index is 857. The van der Waals surface area contributed by atoms with Crippen LogP contribution in [0.2, 0.25) is 0 Å². The summed E-state index contributed by atoms with van der Waals surface area (Å²) in [5, 5.41) is 6.28. The minimum absolute atomic E-state index is 0.159. The van der Waals surface area contributed by atoms with Gasteiger partial charge in [-0.25, -0.2) is 4.39 Å². The van der Waals surface area contributed by atoms with Gasteiger partial charge in [-0.3, -0.25) is 4.79 Å². The molecule has 0 saturated carbocycles. The Balaban J connectivity index is 1.79. The van der Waals surface area contributed by atoms with E-state index in [9.17, 15) is 9.18 Å². The van der Waals surface area contributed by atoms with Crippen LogP contribution in [0.4, 0.5) is 10.1 Å². The average Bonchev–Trinajstić information content (AvgIpc) is 2.97. The fourth-order valence-corrected chi connectivity index (χ4v) is 2.11. The first-order valence-electron chi connectivity index (χ1n) is 7.01. The molecule has 23 heavy (non-hydrogen) atoms. The van der Waals surface area contributed by atoms with Crippen LogP contribution in [0.25, 0.3) is 11.5 Å². The number of rotatable bonds is 3. The summed E-state index contributed by atoms with van der Waals surface area (Å²) in [5.74, 6) is 0.0700. The molecule has 0 fully saturated rings. The Labute approximate surface area is 132 Å². The summed E-state index contributed by atoms with van der Waals surface area (Å²) in [5.41, 5.74) is 2.14. The van der Waals surface area contributed by atoms with E-state index >= 15 is 0 Å². The predicted molar refractivity (Wildman–Crippen MR) is 83.6 cm³/mol. The molecule has 0 aliphatic carbocycles. The molecule has 2 aromatic carbocycles. The number of carbonyl (C=O) groups is 1. The zero-order valence-corrected chi connectivity index (χ0v) is 12.6. The molecule has 0 aliphatic rings. The number of hydrogen-bond acceptors (Lipinski definition) is 4. The molecule has 3 rings (SSSR count). The lowest BCUT2D eigenvalue weighted by molar-refractivity contribution is 0.102. The van der Waals surface area contributed by atoms with Crippen molar-refractivity contribution in [2.24, 2.45) is 0 Å². The standard InChI is InChI=1S/C17H14FN3O2/c1-10-3-8-14(18)15(9-10)20-16(22)12-4-6-13(7-5-12)17-19-11(2)21-23-17/h3-9H,1-2H3,(H,20,22). The Morgan fingerprint density at radius 1 is 1.13 bits per heavy atom. The smallest absolute Gasteiger partial charge is 0.257 e. The number of benzene rings is 2. The monoisotopic (exact) mass is 311 g/mol. The van der Waals surface area contributed by atoms with Gasteiger partial charge in [-0.2, -0.15) is 4.98 Å². The fourth-order valence-electron chi connectivity index (χ4n) is 2.11. The van der Waals surface area contributed by atoms with Crippen molar-refractivity contribution < 1.29 is 13.7 Å². The Kier molecular flexibility index (Phi) is 3.89. The Morgan fingerprint density at radius 3 is 2.52 bits per heavy atom. The first kappa shape index (κ1) is 14.9. The number of carbonyl (C=O) groups excluding carboxylic acids is 1. The van der Waals surface area contributed by atoms with Crippen LogP contribution in [0, 0.1) is 19.7 Å². The van der Waals surface area contributed by atoms with E-state index in [2.05, 4.69) is 15.5 Å². The highest BCUT2D eigenvalue weighted by atomic mass is 19.1. The van der Waals surface area contributed by atoms with Gasteiger partial charge in [0.05, 0.1) is 5.69 Å². The van der Waals surface area contributed by atoms with Gasteiger partial charge in [-0.1, -0.05) is 11.2 Å². The van der Waals surface area contributed by atoms with Crippen LogP contribution in [-0.2, 0) is 0 Å². The normalized spacial score (nSPS) is 10.6. The summed E-state index contributed by atoms with van der Waals surface area (Å²) in [6.07, 6.45) is 0. The van der Waals surface area contributed by atoms with Crippen molar-refractivity contribution in [2.75, 3.05) is 5.32 Å². The molecule has 116 valence electrons. The van der Waals surface area contributed by atoms with Crippen molar-refractivity contribution in [1.29, 1.82) is 0 Å². The molecule has 0 atom stereocenters. The summed E-state index contributed by atoms with van der Waals surface area (Å²) in [4.78, 5) is 16.3. The molecule has 1 aromatic heterocycles. The van der Waals surface area contributed by atoms with Gasteiger partial charge in [-0.05, 0) is 55.8 Å². The fraction of sp³-hybridized carbons (Fsp3) is 0.118. The van der Waals surface area contributed by atoms with Crippen molar-refractivity contribution in [3.63, 3.8) is 0 Å². The lowest BCUT2D eigenvalue weighted by atomic mass is 10.1. The number of nitrogens with zero attached hydrogens (tertiary/aromatic N) is 2. The zero-order valence-electron chi connectivity index (χ0n) is 12.6. The summed E-state index contributed by atoms with van der Waals surface area (Å²) >= 11 is 0. The number of anilines is 1. The quantitative estimate of drug-likeness (QED) is 0.800. The molecular weight excluding hydrogens is 297 g/mol. The van der Waals surface area contributed by atoms with Crippen LogP contribution in [-0.4, -0.2) is 16.0 Å². The van der Waals surface area contributed by atoms with Crippen LogP contribution in [0.1, 0.15) is 21.7 Å². The van der Waals surface area contributed by atoms with Crippen LogP contribution in [0.3, 0.4) is 0 Å². The molecule has 0 bridgehead atoms. The second-order valence-electron chi connectivity index (χ2n) is 5.16. The highest BCUT2D eigenvalue weighted by Crippen LogP contribution is 2.20. The van der Waals surface area contributed by atoms with Gasteiger partial charge in [-0.15, -0.1) is 0 Å². The van der Waals surface area contributed by atoms with E-state index in [0.717, 1.165) is 5.56 Å². The zero-order chi connectivity index (χ0) is 16.4.